The average Bonchev–Trinajstić information content (AvgIpc) is 2.51. The Hall–Kier alpha value is -1.98. The van der Waals surface area contributed by atoms with E-state index in [1.807, 2.05) is 25.1 Å². The first-order chi connectivity index (χ1) is 11.3. The molecule has 0 bridgehead atoms. The van der Waals surface area contributed by atoms with Gasteiger partial charge in [-0.15, -0.1) is 0 Å². The van der Waals surface area contributed by atoms with Gasteiger partial charge in [0.2, 0.25) is 5.91 Å². The maximum Gasteiger partial charge on any atom is 0.237 e. The van der Waals surface area contributed by atoms with Crippen molar-refractivity contribution in [1.29, 1.82) is 0 Å². The number of carbonyl (C=O) groups is 1. The van der Waals surface area contributed by atoms with Crippen LogP contribution in [0, 0.1) is 0 Å². The molecule has 5 nitrogen and oxygen atoms in total. The lowest BCUT2D eigenvalue weighted by atomic mass is 10.00. The molecule has 0 aromatic heterocycles. The Morgan fingerprint density at radius 1 is 1.38 bits per heavy atom. The minimum atomic E-state index is -0.638. The van der Waals surface area contributed by atoms with E-state index in [4.69, 9.17) is 23.1 Å². The van der Waals surface area contributed by atoms with Crippen LogP contribution in [0.25, 0.3) is 5.57 Å². The van der Waals surface area contributed by atoms with Crippen molar-refractivity contribution in [3.05, 3.63) is 53.8 Å². The summed E-state index contributed by atoms with van der Waals surface area (Å²) in [6, 6.07) is 6.76. The van der Waals surface area contributed by atoms with E-state index >= 15 is 0 Å². The van der Waals surface area contributed by atoms with Crippen molar-refractivity contribution < 1.29 is 4.79 Å². The van der Waals surface area contributed by atoms with Gasteiger partial charge in [-0.05, 0) is 49.5 Å². The zero-order valence-electron chi connectivity index (χ0n) is 14.1. The average molecular weight is 351 g/mol. The van der Waals surface area contributed by atoms with Crippen LogP contribution in [-0.4, -0.2) is 24.5 Å². The van der Waals surface area contributed by atoms with Crippen molar-refractivity contribution in [2.24, 2.45) is 11.5 Å². The summed E-state index contributed by atoms with van der Waals surface area (Å²) in [6.07, 6.45) is 2.09. The number of carbonyl (C=O) groups excluding carboxylic acids is 1. The maximum absolute atomic E-state index is 12.2. The zero-order valence-corrected chi connectivity index (χ0v) is 14.9. The Kier molecular flexibility index (Phi) is 8.36. The molecular formula is C18H27ClN4O. The highest BCUT2D eigenvalue weighted by Gasteiger charge is 2.17. The van der Waals surface area contributed by atoms with E-state index in [2.05, 4.69) is 23.8 Å². The lowest BCUT2D eigenvalue weighted by Gasteiger charge is -2.18. The number of halogens is 1. The van der Waals surface area contributed by atoms with Crippen LogP contribution in [0.3, 0.4) is 0 Å². The molecule has 1 aromatic rings. The Balaban J connectivity index is 2.38. The molecule has 0 aliphatic rings. The summed E-state index contributed by atoms with van der Waals surface area (Å²) in [5.41, 5.74) is 13.1. The van der Waals surface area contributed by atoms with Gasteiger partial charge in [0.25, 0.3) is 0 Å². The zero-order chi connectivity index (χ0) is 18.1. The first-order valence-corrected chi connectivity index (χ1v) is 8.35. The number of hydrogen-bond acceptors (Lipinski definition) is 4. The molecular weight excluding hydrogens is 324 g/mol. The first-order valence-electron chi connectivity index (χ1n) is 7.97. The second-order valence-electron chi connectivity index (χ2n) is 5.93. The van der Waals surface area contributed by atoms with Crippen molar-refractivity contribution in [2.75, 3.05) is 6.54 Å². The fraction of sp³-hybridized carbons (Fsp3) is 0.389. The molecule has 132 valence electrons. The van der Waals surface area contributed by atoms with E-state index in [1.54, 1.807) is 6.07 Å². The molecule has 0 saturated heterocycles. The van der Waals surface area contributed by atoms with Crippen LogP contribution in [0.5, 0.6) is 0 Å². The van der Waals surface area contributed by atoms with Gasteiger partial charge in [0, 0.05) is 17.6 Å². The number of rotatable bonds is 10. The van der Waals surface area contributed by atoms with E-state index in [-0.39, 0.29) is 11.9 Å². The molecule has 1 amide bonds. The number of amides is 1. The highest BCUT2D eigenvalue weighted by atomic mass is 35.5. The summed E-state index contributed by atoms with van der Waals surface area (Å²) in [5, 5.41) is 6.51. The first kappa shape index (κ1) is 20.1. The fourth-order valence-corrected chi connectivity index (χ4v) is 2.45. The van der Waals surface area contributed by atoms with Crippen LogP contribution in [0.1, 0.15) is 31.7 Å². The largest absolute Gasteiger partial charge is 0.386 e. The summed E-state index contributed by atoms with van der Waals surface area (Å²) >= 11 is 5.97. The number of nitrogens with one attached hydrogen (secondary N) is 2. The van der Waals surface area contributed by atoms with Crippen LogP contribution in [0.4, 0.5) is 0 Å². The number of nitrogens with two attached hydrogens (primary N) is 2. The van der Waals surface area contributed by atoms with Gasteiger partial charge in [-0.2, -0.15) is 0 Å². The normalized spacial score (nSPS) is 13.0. The Bertz CT molecular complexity index is 588. The van der Waals surface area contributed by atoms with Crippen molar-refractivity contribution in [3.63, 3.8) is 0 Å². The third kappa shape index (κ3) is 7.53. The van der Waals surface area contributed by atoms with E-state index in [9.17, 15) is 4.79 Å². The van der Waals surface area contributed by atoms with Crippen molar-refractivity contribution >= 4 is 23.1 Å². The second-order valence-corrected chi connectivity index (χ2v) is 6.36. The molecule has 0 aliphatic heterocycles. The molecule has 0 saturated carbocycles. The van der Waals surface area contributed by atoms with Crippen LogP contribution in [-0.2, 0) is 4.79 Å². The third-order valence-electron chi connectivity index (χ3n) is 3.59. The quantitative estimate of drug-likeness (QED) is 0.487. The van der Waals surface area contributed by atoms with Gasteiger partial charge < -0.3 is 22.1 Å². The molecule has 0 spiro atoms. The van der Waals surface area contributed by atoms with Crippen molar-refractivity contribution in [2.45, 2.75) is 38.3 Å². The smallest absolute Gasteiger partial charge is 0.237 e. The standard InChI is InChI=1S/C18H27ClN4O/c1-12(15-7-4-8-16(19)11-15)10-17(21)18(24)23-13(2)6-5-9-22-14(3)20/h4,7-8,11,13,17,22H,1,3,5-6,9-10,20-21H2,2H3,(H,23,24)/t13-,17-/m0/s1. The minimum Gasteiger partial charge on any atom is -0.386 e. The lowest BCUT2D eigenvalue weighted by molar-refractivity contribution is -0.122. The topological polar surface area (TPSA) is 93.2 Å². The summed E-state index contributed by atoms with van der Waals surface area (Å²) in [7, 11) is 0. The second kappa shape index (κ2) is 10.0. The Labute approximate surface area is 149 Å². The molecule has 0 aliphatic carbocycles. The lowest BCUT2D eigenvalue weighted by Crippen LogP contribution is -2.44. The summed E-state index contributed by atoms with van der Waals surface area (Å²) < 4.78 is 0. The molecule has 0 radical (unpaired) electrons. The van der Waals surface area contributed by atoms with Gasteiger partial charge in [0.1, 0.15) is 0 Å². The van der Waals surface area contributed by atoms with Crippen LogP contribution < -0.4 is 22.1 Å². The molecule has 0 unspecified atom stereocenters. The monoisotopic (exact) mass is 350 g/mol. The molecule has 1 aromatic carbocycles. The molecule has 1 rings (SSSR count). The Morgan fingerprint density at radius 3 is 2.71 bits per heavy atom. The van der Waals surface area contributed by atoms with Gasteiger partial charge in [-0.1, -0.05) is 36.9 Å². The van der Waals surface area contributed by atoms with Crippen LogP contribution in [0.2, 0.25) is 5.02 Å². The van der Waals surface area contributed by atoms with Gasteiger partial charge in [-0.25, -0.2) is 0 Å². The molecule has 6 N–H and O–H groups in total. The SMILES string of the molecule is C=C(N)NCCC[C@H](C)NC(=O)[C@@H](N)CC(=C)c1cccc(Cl)c1. The molecule has 2 atom stereocenters. The predicted molar refractivity (Wildman–Crippen MR) is 101 cm³/mol. The maximum atomic E-state index is 12.2. The van der Waals surface area contributed by atoms with Crippen LogP contribution >= 0.6 is 11.6 Å². The van der Waals surface area contributed by atoms with Gasteiger partial charge in [0.15, 0.2) is 0 Å². The van der Waals surface area contributed by atoms with E-state index < -0.39 is 6.04 Å². The molecule has 0 fully saturated rings. The summed E-state index contributed by atoms with van der Waals surface area (Å²) in [5.74, 6) is 0.273. The minimum absolute atomic E-state index is 0.0378. The highest BCUT2D eigenvalue weighted by molar-refractivity contribution is 6.30. The third-order valence-corrected chi connectivity index (χ3v) is 3.83. The predicted octanol–water partition coefficient (Wildman–Crippen LogP) is 2.38. The Morgan fingerprint density at radius 2 is 2.08 bits per heavy atom. The van der Waals surface area contributed by atoms with Gasteiger partial charge >= 0.3 is 0 Å². The molecule has 24 heavy (non-hydrogen) atoms. The van der Waals surface area contributed by atoms with Crippen LogP contribution in [0.15, 0.2) is 43.2 Å². The van der Waals surface area contributed by atoms with Gasteiger partial charge in [-0.3, -0.25) is 4.79 Å². The van der Waals surface area contributed by atoms with Crippen molar-refractivity contribution in [1.82, 2.24) is 10.6 Å². The summed E-state index contributed by atoms with van der Waals surface area (Å²) in [4.78, 5) is 12.2. The van der Waals surface area contributed by atoms with E-state index in [0.29, 0.717) is 17.3 Å². The van der Waals surface area contributed by atoms with Crippen molar-refractivity contribution in [3.8, 4) is 0 Å². The number of benzene rings is 1. The van der Waals surface area contributed by atoms with E-state index in [0.717, 1.165) is 30.5 Å². The highest BCUT2D eigenvalue weighted by Crippen LogP contribution is 2.20. The number of hydrogen-bond donors (Lipinski definition) is 4. The van der Waals surface area contributed by atoms with Gasteiger partial charge in [0.05, 0.1) is 11.9 Å². The molecule has 0 heterocycles. The summed E-state index contributed by atoms with van der Waals surface area (Å²) in [6.45, 7) is 10.2. The fourth-order valence-electron chi connectivity index (χ4n) is 2.26. The van der Waals surface area contributed by atoms with E-state index in [1.165, 1.54) is 0 Å². The molecule has 6 heteroatoms.